The number of aliphatic hydroxyl groups is 1. The van der Waals surface area contributed by atoms with Crippen LogP contribution in [0.15, 0.2) is 24.3 Å². The van der Waals surface area contributed by atoms with Crippen LogP contribution in [0.2, 0.25) is 0 Å². The van der Waals surface area contributed by atoms with Gasteiger partial charge in [0.1, 0.15) is 5.75 Å². The van der Waals surface area contributed by atoms with E-state index in [9.17, 15) is 5.11 Å². The molecule has 0 saturated carbocycles. The van der Waals surface area contributed by atoms with E-state index in [0.717, 1.165) is 44.8 Å². The second-order valence-electron chi connectivity index (χ2n) is 5.98. The molecule has 1 heterocycles. The summed E-state index contributed by atoms with van der Waals surface area (Å²) in [6, 6.07) is 8.29. The van der Waals surface area contributed by atoms with Gasteiger partial charge < -0.3 is 14.7 Å². The minimum atomic E-state index is -0.233. The predicted molar refractivity (Wildman–Crippen MR) is 86.9 cm³/mol. The Labute approximate surface area is 128 Å². The molecule has 21 heavy (non-hydrogen) atoms. The molecule has 3 nitrogen and oxygen atoms in total. The summed E-state index contributed by atoms with van der Waals surface area (Å²) < 4.78 is 5.83. The number of unbranched alkanes of at least 4 members (excludes halogenated alkanes) is 2. The van der Waals surface area contributed by atoms with Gasteiger partial charge in [0.15, 0.2) is 0 Å². The Morgan fingerprint density at radius 3 is 2.90 bits per heavy atom. The Balaban J connectivity index is 1.98. The predicted octanol–water partition coefficient (Wildman–Crippen LogP) is 3.43. The van der Waals surface area contributed by atoms with E-state index in [1.165, 1.54) is 18.4 Å². The van der Waals surface area contributed by atoms with E-state index in [4.69, 9.17) is 4.74 Å². The van der Waals surface area contributed by atoms with Crippen molar-refractivity contribution < 1.29 is 9.84 Å². The number of piperidine rings is 1. The van der Waals surface area contributed by atoms with Crippen LogP contribution in [0.1, 0.15) is 51.0 Å². The first-order chi connectivity index (χ1) is 10.2. The molecular weight excluding hydrogens is 262 g/mol. The summed E-state index contributed by atoms with van der Waals surface area (Å²) in [5.41, 5.74) is 1.20. The SMILES string of the molecule is CCCCCOc1cccc([C@H]2CN(CC)CC[C@H]2O)c1. The Kier molecular flexibility index (Phi) is 6.52. The maximum Gasteiger partial charge on any atom is 0.119 e. The van der Waals surface area contributed by atoms with Crippen molar-refractivity contribution >= 4 is 0 Å². The van der Waals surface area contributed by atoms with E-state index in [0.29, 0.717) is 0 Å². The molecule has 3 heteroatoms. The van der Waals surface area contributed by atoms with E-state index in [1.807, 2.05) is 12.1 Å². The molecule has 1 aromatic rings. The molecule has 1 saturated heterocycles. The molecule has 0 bridgehead atoms. The highest BCUT2D eigenvalue weighted by Gasteiger charge is 2.28. The van der Waals surface area contributed by atoms with Crippen LogP contribution < -0.4 is 4.74 Å². The highest BCUT2D eigenvalue weighted by molar-refractivity contribution is 5.32. The number of benzene rings is 1. The van der Waals surface area contributed by atoms with Gasteiger partial charge in [-0.2, -0.15) is 0 Å². The largest absolute Gasteiger partial charge is 0.494 e. The van der Waals surface area contributed by atoms with Crippen molar-refractivity contribution in [3.63, 3.8) is 0 Å². The Morgan fingerprint density at radius 1 is 1.29 bits per heavy atom. The summed E-state index contributed by atoms with van der Waals surface area (Å²) in [5.74, 6) is 1.14. The molecule has 1 fully saturated rings. The number of ether oxygens (including phenoxy) is 1. The molecular formula is C18H29NO2. The van der Waals surface area contributed by atoms with E-state index >= 15 is 0 Å². The summed E-state index contributed by atoms with van der Waals surface area (Å²) in [6.07, 6.45) is 4.16. The average Bonchev–Trinajstić information content (AvgIpc) is 2.52. The van der Waals surface area contributed by atoms with Gasteiger partial charge >= 0.3 is 0 Å². The second-order valence-corrected chi connectivity index (χ2v) is 5.98. The summed E-state index contributed by atoms with van der Waals surface area (Å²) in [7, 11) is 0. The zero-order chi connectivity index (χ0) is 15.1. The van der Waals surface area contributed by atoms with Gasteiger partial charge in [-0.25, -0.2) is 0 Å². The van der Waals surface area contributed by atoms with Gasteiger partial charge in [0, 0.05) is 19.0 Å². The molecule has 118 valence electrons. The molecule has 0 radical (unpaired) electrons. The monoisotopic (exact) mass is 291 g/mol. The van der Waals surface area contributed by atoms with E-state index in [2.05, 4.69) is 30.9 Å². The molecule has 0 aliphatic carbocycles. The number of likely N-dealkylation sites (tertiary alicyclic amines) is 1. The van der Waals surface area contributed by atoms with Crippen molar-refractivity contribution in [1.82, 2.24) is 4.90 Å². The number of likely N-dealkylation sites (N-methyl/N-ethyl adjacent to an activating group) is 1. The Hall–Kier alpha value is -1.06. The molecule has 1 aromatic carbocycles. The standard InChI is InChI=1S/C18H29NO2/c1-3-5-6-12-21-16-9-7-8-15(13-16)17-14-19(4-2)11-10-18(17)20/h7-9,13,17-18,20H,3-6,10-12,14H2,1-2H3/t17-,18-/m1/s1. The zero-order valence-electron chi connectivity index (χ0n) is 13.4. The van der Waals surface area contributed by atoms with Crippen molar-refractivity contribution in [3.05, 3.63) is 29.8 Å². The lowest BCUT2D eigenvalue weighted by Gasteiger charge is -2.36. The highest BCUT2D eigenvalue weighted by atomic mass is 16.5. The van der Waals surface area contributed by atoms with Crippen LogP contribution in [0.4, 0.5) is 0 Å². The first-order valence-electron chi connectivity index (χ1n) is 8.37. The Bertz CT molecular complexity index is 421. The van der Waals surface area contributed by atoms with E-state index in [-0.39, 0.29) is 12.0 Å². The summed E-state index contributed by atoms with van der Waals surface area (Å²) in [6.45, 7) is 8.16. The number of hydrogen-bond acceptors (Lipinski definition) is 3. The smallest absolute Gasteiger partial charge is 0.119 e. The maximum absolute atomic E-state index is 10.3. The summed E-state index contributed by atoms with van der Waals surface area (Å²) in [5, 5.41) is 10.3. The van der Waals surface area contributed by atoms with Gasteiger partial charge in [0.25, 0.3) is 0 Å². The van der Waals surface area contributed by atoms with Crippen molar-refractivity contribution in [2.45, 2.75) is 51.6 Å². The number of hydrogen-bond donors (Lipinski definition) is 1. The van der Waals surface area contributed by atoms with Gasteiger partial charge in [0.05, 0.1) is 12.7 Å². The quantitative estimate of drug-likeness (QED) is 0.781. The highest BCUT2D eigenvalue weighted by Crippen LogP contribution is 2.29. The lowest BCUT2D eigenvalue weighted by Crippen LogP contribution is -2.41. The van der Waals surface area contributed by atoms with Crippen molar-refractivity contribution in [1.29, 1.82) is 0 Å². The van der Waals surface area contributed by atoms with E-state index < -0.39 is 0 Å². The fraction of sp³-hybridized carbons (Fsp3) is 0.667. The van der Waals surface area contributed by atoms with Crippen LogP contribution in [-0.2, 0) is 0 Å². The van der Waals surface area contributed by atoms with Gasteiger partial charge in [-0.15, -0.1) is 0 Å². The van der Waals surface area contributed by atoms with Crippen LogP contribution in [0.3, 0.4) is 0 Å². The number of nitrogens with zero attached hydrogens (tertiary/aromatic N) is 1. The van der Waals surface area contributed by atoms with Crippen molar-refractivity contribution in [2.24, 2.45) is 0 Å². The summed E-state index contributed by atoms with van der Waals surface area (Å²) in [4.78, 5) is 2.41. The lowest BCUT2D eigenvalue weighted by molar-refractivity contribution is 0.0623. The fourth-order valence-electron chi connectivity index (χ4n) is 3.00. The zero-order valence-corrected chi connectivity index (χ0v) is 13.4. The molecule has 0 aromatic heterocycles. The fourth-order valence-corrected chi connectivity index (χ4v) is 3.00. The lowest BCUT2D eigenvalue weighted by atomic mass is 9.88. The number of rotatable bonds is 7. The first-order valence-corrected chi connectivity index (χ1v) is 8.37. The van der Waals surface area contributed by atoms with Gasteiger partial charge in [0.2, 0.25) is 0 Å². The Morgan fingerprint density at radius 2 is 2.14 bits per heavy atom. The molecule has 1 aliphatic heterocycles. The normalized spacial score (nSPS) is 23.2. The van der Waals surface area contributed by atoms with E-state index in [1.54, 1.807) is 0 Å². The van der Waals surface area contributed by atoms with Crippen LogP contribution in [-0.4, -0.2) is 42.4 Å². The van der Waals surface area contributed by atoms with Crippen molar-refractivity contribution in [2.75, 3.05) is 26.2 Å². The van der Waals surface area contributed by atoms with Crippen LogP contribution in [0.5, 0.6) is 5.75 Å². The minimum absolute atomic E-state index is 0.206. The summed E-state index contributed by atoms with van der Waals surface area (Å²) >= 11 is 0. The maximum atomic E-state index is 10.3. The third-order valence-corrected chi connectivity index (χ3v) is 4.41. The molecule has 0 amide bonds. The molecule has 0 unspecified atom stereocenters. The molecule has 2 rings (SSSR count). The van der Waals surface area contributed by atoms with Crippen molar-refractivity contribution in [3.8, 4) is 5.75 Å². The topological polar surface area (TPSA) is 32.7 Å². The molecule has 2 atom stereocenters. The van der Waals surface area contributed by atoms with Crippen LogP contribution >= 0.6 is 0 Å². The van der Waals surface area contributed by atoms with Crippen LogP contribution in [0.25, 0.3) is 0 Å². The first kappa shape index (κ1) is 16.3. The third kappa shape index (κ3) is 4.72. The van der Waals surface area contributed by atoms with Gasteiger partial charge in [-0.1, -0.05) is 38.8 Å². The molecule has 1 aliphatic rings. The number of aliphatic hydroxyl groups excluding tert-OH is 1. The minimum Gasteiger partial charge on any atom is -0.494 e. The van der Waals surface area contributed by atoms with Gasteiger partial charge in [-0.3, -0.25) is 0 Å². The second kappa shape index (κ2) is 8.40. The molecule has 1 N–H and O–H groups in total. The molecule has 0 spiro atoms. The van der Waals surface area contributed by atoms with Crippen LogP contribution in [0, 0.1) is 0 Å². The van der Waals surface area contributed by atoms with Gasteiger partial charge in [-0.05, 0) is 37.1 Å². The third-order valence-electron chi connectivity index (χ3n) is 4.41. The average molecular weight is 291 g/mol.